The van der Waals surface area contributed by atoms with E-state index in [1.807, 2.05) is 26.0 Å². The van der Waals surface area contributed by atoms with Crippen LogP contribution in [0, 0.1) is 19.7 Å². The van der Waals surface area contributed by atoms with Gasteiger partial charge in [-0.15, -0.1) is 0 Å². The Morgan fingerprint density at radius 1 is 1.00 bits per heavy atom. The quantitative estimate of drug-likeness (QED) is 0.911. The van der Waals surface area contributed by atoms with Gasteiger partial charge in [-0.1, -0.05) is 24.3 Å². The lowest BCUT2D eigenvalue weighted by Crippen LogP contribution is -2.00. The number of benzene rings is 2. The van der Waals surface area contributed by atoms with Crippen LogP contribution in [-0.4, -0.2) is 5.11 Å². The summed E-state index contributed by atoms with van der Waals surface area (Å²) in [5, 5.41) is 9.13. The van der Waals surface area contributed by atoms with Crippen molar-refractivity contribution in [3.63, 3.8) is 0 Å². The van der Waals surface area contributed by atoms with Crippen molar-refractivity contribution < 1.29 is 14.2 Å². The Balaban J connectivity index is 2.13. The molecule has 0 aliphatic heterocycles. The molecule has 0 aliphatic rings. The van der Waals surface area contributed by atoms with Crippen molar-refractivity contribution in [2.45, 2.75) is 27.1 Å². The largest absolute Gasteiger partial charge is 0.488 e. The van der Waals surface area contributed by atoms with Crippen LogP contribution in [0.2, 0.25) is 0 Å². The summed E-state index contributed by atoms with van der Waals surface area (Å²) in [5.74, 6) is 0.574. The number of hydrogen-bond acceptors (Lipinski definition) is 2. The summed E-state index contributed by atoms with van der Waals surface area (Å²) in [6.07, 6.45) is 0. The molecule has 2 aromatic carbocycles. The molecule has 0 heterocycles. The van der Waals surface area contributed by atoms with Crippen LogP contribution in [0.1, 0.15) is 22.3 Å². The summed E-state index contributed by atoms with van der Waals surface area (Å²) in [6, 6.07) is 10.1. The number of aliphatic hydroxyl groups is 1. The molecule has 0 amide bonds. The highest BCUT2D eigenvalue weighted by Crippen LogP contribution is 2.25. The average molecular weight is 260 g/mol. The van der Waals surface area contributed by atoms with E-state index in [1.165, 1.54) is 12.1 Å². The second-order valence-electron chi connectivity index (χ2n) is 4.63. The molecule has 3 heteroatoms. The van der Waals surface area contributed by atoms with Crippen molar-refractivity contribution in [3.05, 3.63) is 64.5 Å². The number of aryl methyl sites for hydroxylation is 2. The Labute approximate surface area is 112 Å². The van der Waals surface area contributed by atoms with Gasteiger partial charge in [-0.2, -0.15) is 0 Å². The minimum Gasteiger partial charge on any atom is -0.488 e. The molecule has 0 bridgehead atoms. The first-order valence-electron chi connectivity index (χ1n) is 6.18. The SMILES string of the molecule is Cc1cc(CO)cc(C)c1OCc1ccc(F)cc1. The van der Waals surface area contributed by atoms with E-state index >= 15 is 0 Å². The standard InChI is InChI=1S/C16H17FO2/c1-11-7-14(9-18)8-12(2)16(11)19-10-13-3-5-15(17)6-4-13/h3-8,18H,9-10H2,1-2H3. The zero-order chi connectivity index (χ0) is 13.8. The predicted molar refractivity (Wildman–Crippen MR) is 72.6 cm³/mol. The van der Waals surface area contributed by atoms with E-state index in [0.29, 0.717) is 6.61 Å². The van der Waals surface area contributed by atoms with Crippen LogP contribution >= 0.6 is 0 Å². The molecule has 0 unspecified atom stereocenters. The van der Waals surface area contributed by atoms with Crippen LogP contribution < -0.4 is 4.74 Å². The molecule has 0 aliphatic carbocycles. The Morgan fingerprint density at radius 2 is 1.58 bits per heavy atom. The van der Waals surface area contributed by atoms with Crippen LogP contribution in [0.3, 0.4) is 0 Å². The van der Waals surface area contributed by atoms with E-state index in [9.17, 15) is 4.39 Å². The zero-order valence-electron chi connectivity index (χ0n) is 11.1. The normalized spacial score (nSPS) is 10.5. The molecule has 2 rings (SSSR count). The molecule has 2 aromatic rings. The molecule has 0 aromatic heterocycles. The van der Waals surface area contributed by atoms with Gasteiger partial charge in [0.25, 0.3) is 0 Å². The first-order chi connectivity index (χ1) is 9.10. The zero-order valence-corrected chi connectivity index (χ0v) is 11.1. The molecule has 0 fully saturated rings. The number of ether oxygens (including phenoxy) is 1. The number of halogens is 1. The molecule has 0 saturated carbocycles. The predicted octanol–water partition coefficient (Wildman–Crippen LogP) is 3.51. The Kier molecular flexibility index (Phi) is 4.17. The van der Waals surface area contributed by atoms with E-state index in [1.54, 1.807) is 12.1 Å². The maximum absolute atomic E-state index is 12.8. The topological polar surface area (TPSA) is 29.5 Å². The highest BCUT2D eigenvalue weighted by molar-refractivity contribution is 5.43. The molecule has 0 spiro atoms. The van der Waals surface area contributed by atoms with E-state index < -0.39 is 0 Å². The number of rotatable bonds is 4. The van der Waals surface area contributed by atoms with Gasteiger partial charge in [-0.3, -0.25) is 0 Å². The highest BCUT2D eigenvalue weighted by Gasteiger charge is 2.06. The van der Waals surface area contributed by atoms with Gasteiger partial charge in [0.05, 0.1) is 6.61 Å². The van der Waals surface area contributed by atoms with Crippen molar-refractivity contribution in [2.24, 2.45) is 0 Å². The van der Waals surface area contributed by atoms with Gasteiger partial charge >= 0.3 is 0 Å². The Morgan fingerprint density at radius 3 is 2.11 bits per heavy atom. The fraction of sp³-hybridized carbons (Fsp3) is 0.250. The van der Waals surface area contributed by atoms with Gasteiger partial charge in [0.15, 0.2) is 0 Å². The Hall–Kier alpha value is -1.87. The first-order valence-corrected chi connectivity index (χ1v) is 6.18. The van der Waals surface area contributed by atoms with Crippen molar-refractivity contribution in [1.29, 1.82) is 0 Å². The van der Waals surface area contributed by atoms with Crippen molar-refractivity contribution in [3.8, 4) is 5.75 Å². The van der Waals surface area contributed by atoms with Gasteiger partial charge in [0.2, 0.25) is 0 Å². The molecular weight excluding hydrogens is 243 g/mol. The smallest absolute Gasteiger partial charge is 0.125 e. The minimum atomic E-state index is -0.247. The van der Waals surface area contributed by atoms with Gasteiger partial charge < -0.3 is 9.84 Å². The summed E-state index contributed by atoms with van der Waals surface area (Å²) >= 11 is 0. The van der Waals surface area contributed by atoms with Crippen LogP contribution in [-0.2, 0) is 13.2 Å². The molecule has 2 nitrogen and oxygen atoms in total. The van der Waals surface area contributed by atoms with Crippen LogP contribution in [0.5, 0.6) is 5.75 Å². The molecule has 19 heavy (non-hydrogen) atoms. The maximum atomic E-state index is 12.8. The lowest BCUT2D eigenvalue weighted by atomic mass is 10.1. The summed E-state index contributed by atoms with van der Waals surface area (Å²) in [7, 11) is 0. The van der Waals surface area contributed by atoms with Gasteiger partial charge in [0.1, 0.15) is 18.2 Å². The molecule has 100 valence electrons. The van der Waals surface area contributed by atoms with Crippen LogP contribution in [0.25, 0.3) is 0 Å². The Bertz CT molecular complexity index is 538. The number of aliphatic hydroxyl groups excluding tert-OH is 1. The average Bonchev–Trinajstić information content (AvgIpc) is 2.39. The summed E-state index contributed by atoms with van der Waals surface area (Å²) < 4.78 is 18.6. The second kappa shape index (κ2) is 5.85. The van der Waals surface area contributed by atoms with Gasteiger partial charge in [-0.05, 0) is 48.2 Å². The van der Waals surface area contributed by atoms with Gasteiger partial charge in [-0.25, -0.2) is 4.39 Å². The fourth-order valence-corrected chi connectivity index (χ4v) is 2.10. The van der Waals surface area contributed by atoms with Crippen molar-refractivity contribution >= 4 is 0 Å². The highest BCUT2D eigenvalue weighted by atomic mass is 19.1. The molecular formula is C16H17FO2. The van der Waals surface area contributed by atoms with E-state index in [-0.39, 0.29) is 12.4 Å². The third-order valence-corrected chi connectivity index (χ3v) is 3.00. The van der Waals surface area contributed by atoms with E-state index in [4.69, 9.17) is 9.84 Å². The van der Waals surface area contributed by atoms with Crippen molar-refractivity contribution in [2.75, 3.05) is 0 Å². The van der Waals surface area contributed by atoms with E-state index in [0.717, 1.165) is 28.0 Å². The summed E-state index contributed by atoms with van der Waals surface area (Å²) in [6.45, 7) is 4.33. The maximum Gasteiger partial charge on any atom is 0.125 e. The summed E-state index contributed by atoms with van der Waals surface area (Å²) in [4.78, 5) is 0. The summed E-state index contributed by atoms with van der Waals surface area (Å²) in [5.41, 5.74) is 3.79. The van der Waals surface area contributed by atoms with Gasteiger partial charge in [0, 0.05) is 0 Å². The fourth-order valence-electron chi connectivity index (χ4n) is 2.10. The number of hydrogen-bond donors (Lipinski definition) is 1. The van der Waals surface area contributed by atoms with E-state index in [2.05, 4.69) is 0 Å². The molecule has 0 saturated heterocycles. The lowest BCUT2D eigenvalue weighted by Gasteiger charge is -2.13. The first kappa shape index (κ1) is 13.6. The lowest BCUT2D eigenvalue weighted by molar-refractivity contribution is 0.280. The van der Waals surface area contributed by atoms with Crippen LogP contribution in [0.4, 0.5) is 4.39 Å². The monoisotopic (exact) mass is 260 g/mol. The molecule has 0 radical (unpaired) electrons. The van der Waals surface area contributed by atoms with Crippen molar-refractivity contribution in [1.82, 2.24) is 0 Å². The third-order valence-electron chi connectivity index (χ3n) is 3.00. The molecule has 1 N–H and O–H groups in total. The minimum absolute atomic E-state index is 0.0277. The second-order valence-corrected chi connectivity index (χ2v) is 4.63. The molecule has 0 atom stereocenters. The van der Waals surface area contributed by atoms with Crippen LogP contribution in [0.15, 0.2) is 36.4 Å². The third kappa shape index (κ3) is 3.32.